The van der Waals surface area contributed by atoms with Crippen LogP contribution < -0.4 is 4.74 Å². The maximum absolute atomic E-state index is 5.98. The van der Waals surface area contributed by atoms with Gasteiger partial charge in [-0.05, 0) is 30.9 Å². The summed E-state index contributed by atoms with van der Waals surface area (Å²) in [6, 6.07) is 10.2. The van der Waals surface area contributed by atoms with Crippen molar-refractivity contribution in [3.63, 3.8) is 0 Å². The van der Waals surface area contributed by atoms with Crippen LogP contribution in [0.1, 0.15) is 26.7 Å². The first-order chi connectivity index (χ1) is 8.24. The van der Waals surface area contributed by atoms with E-state index in [-0.39, 0.29) is 0 Å². The Morgan fingerprint density at radius 3 is 2.41 bits per heavy atom. The third kappa shape index (κ3) is 4.04. The molecule has 0 radical (unpaired) electrons. The van der Waals surface area contributed by atoms with E-state index in [0.717, 1.165) is 24.5 Å². The highest BCUT2D eigenvalue weighted by Gasteiger charge is 2.20. The maximum atomic E-state index is 5.98. The van der Waals surface area contributed by atoms with Crippen molar-refractivity contribution in [3.8, 4) is 5.75 Å². The lowest BCUT2D eigenvalue weighted by Crippen LogP contribution is -2.39. The third-order valence-corrected chi connectivity index (χ3v) is 3.20. The van der Waals surface area contributed by atoms with E-state index in [1.807, 2.05) is 30.3 Å². The number of piperidine rings is 1. The summed E-state index contributed by atoms with van der Waals surface area (Å²) in [5, 5.41) is 0. The Labute approximate surface area is 105 Å². The number of likely N-dealkylation sites (tertiary alicyclic amines) is 1. The number of ether oxygens (including phenoxy) is 1. The molecule has 1 saturated heterocycles. The maximum Gasteiger partial charge on any atom is 0.119 e. The molecule has 0 unspecified atom stereocenters. The van der Waals surface area contributed by atoms with Gasteiger partial charge in [0, 0.05) is 19.6 Å². The summed E-state index contributed by atoms with van der Waals surface area (Å²) >= 11 is 0. The molecule has 1 aromatic rings. The third-order valence-electron chi connectivity index (χ3n) is 3.20. The topological polar surface area (TPSA) is 12.5 Å². The SMILES string of the molecule is CC(C)CN1CCC(Oc2ccccc2)CC1. The van der Waals surface area contributed by atoms with Gasteiger partial charge in [0.05, 0.1) is 0 Å². The van der Waals surface area contributed by atoms with Crippen molar-refractivity contribution >= 4 is 0 Å². The van der Waals surface area contributed by atoms with Crippen molar-refractivity contribution in [2.45, 2.75) is 32.8 Å². The van der Waals surface area contributed by atoms with E-state index in [0.29, 0.717) is 6.10 Å². The zero-order chi connectivity index (χ0) is 12.1. The van der Waals surface area contributed by atoms with Gasteiger partial charge < -0.3 is 9.64 Å². The van der Waals surface area contributed by atoms with Crippen LogP contribution in [0, 0.1) is 5.92 Å². The second kappa shape index (κ2) is 6.06. The molecule has 2 rings (SSSR count). The van der Waals surface area contributed by atoms with Gasteiger partial charge in [-0.15, -0.1) is 0 Å². The van der Waals surface area contributed by atoms with Crippen molar-refractivity contribution in [2.24, 2.45) is 5.92 Å². The Morgan fingerprint density at radius 2 is 1.82 bits per heavy atom. The minimum absolute atomic E-state index is 0.404. The molecule has 1 fully saturated rings. The summed E-state index contributed by atoms with van der Waals surface area (Å²) in [5.74, 6) is 1.77. The molecule has 1 aliphatic heterocycles. The fraction of sp³-hybridized carbons (Fsp3) is 0.600. The summed E-state index contributed by atoms with van der Waals surface area (Å²) in [4.78, 5) is 2.55. The molecule has 1 aliphatic rings. The minimum atomic E-state index is 0.404. The first kappa shape index (κ1) is 12.4. The van der Waals surface area contributed by atoms with Gasteiger partial charge in [-0.1, -0.05) is 32.0 Å². The molecule has 0 aliphatic carbocycles. The van der Waals surface area contributed by atoms with E-state index < -0.39 is 0 Å². The lowest BCUT2D eigenvalue weighted by molar-refractivity contribution is 0.0941. The molecule has 1 heterocycles. The normalized spacial score (nSPS) is 18.5. The van der Waals surface area contributed by atoms with E-state index in [2.05, 4.69) is 18.7 Å². The quantitative estimate of drug-likeness (QED) is 0.792. The molecule has 0 aromatic heterocycles. The van der Waals surface area contributed by atoms with Crippen molar-refractivity contribution in [2.75, 3.05) is 19.6 Å². The van der Waals surface area contributed by atoms with Gasteiger partial charge in [-0.3, -0.25) is 0 Å². The molecule has 0 amide bonds. The monoisotopic (exact) mass is 233 g/mol. The minimum Gasteiger partial charge on any atom is -0.490 e. The molecule has 0 atom stereocenters. The van der Waals surface area contributed by atoms with E-state index in [1.54, 1.807) is 0 Å². The van der Waals surface area contributed by atoms with Crippen LogP contribution in [0.5, 0.6) is 5.75 Å². The van der Waals surface area contributed by atoms with Crippen LogP contribution in [0.2, 0.25) is 0 Å². The molecule has 0 N–H and O–H groups in total. The van der Waals surface area contributed by atoms with Gasteiger partial charge in [0.15, 0.2) is 0 Å². The van der Waals surface area contributed by atoms with Crippen molar-refractivity contribution in [1.82, 2.24) is 4.90 Å². The van der Waals surface area contributed by atoms with Crippen LogP contribution in [-0.4, -0.2) is 30.6 Å². The number of hydrogen-bond acceptors (Lipinski definition) is 2. The first-order valence-electron chi connectivity index (χ1n) is 6.68. The lowest BCUT2D eigenvalue weighted by atomic mass is 10.1. The second-order valence-corrected chi connectivity index (χ2v) is 5.32. The van der Waals surface area contributed by atoms with Crippen LogP contribution in [0.25, 0.3) is 0 Å². The average Bonchev–Trinajstić information content (AvgIpc) is 2.32. The molecule has 0 spiro atoms. The van der Waals surface area contributed by atoms with E-state index in [4.69, 9.17) is 4.74 Å². The van der Waals surface area contributed by atoms with Gasteiger partial charge in [0.1, 0.15) is 11.9 Å². The number of rotatable bonds is 4. The Bertz CT molecular complexity index is 315. The Hall–Kier alpha value is -1.02. The molecule has 17 heavy (non-hydrogen) atoms. The number of para-hydroxylation sites is 1. The van der Waals surface area contributed by atoms with Gasteiger partial charge >= 0.3 is 0 Å². The van der Waals surface area contributed by atoms with Gasteiger partial charge in [-0.2, -0.15) is 0 Å². The highest BCUT2D eigenvalue weighted by atomic mass is 16.5. The molecule has 2 heteroatoms. The molecule has 94 valence electrons. The predicted molar refractivity (Wildman–Crippen MR) is 71.4 cm³/mol. The number of benzene rings is 1. The lowest BCUT2D eigenvalue weighted by Gasteiger charge is -2.33. The molecule has 0 bridgehead atoms. The van der Waals surface area contributed by atoms with E-state index in [9.17, 15) is 0 Å². The van der Waals surface area contributed by atoms with Gasteiger partial charge in [-0.25, -0.2) is 0 Å². The number of hydrogen-bond donors (Lipinski definition) is 0. The zero-order valence-electron chi connectivity index (χ0n) is 10.9. The van der Waals surface area contributed by atoms with E-state index >= 15 is 0 Å². The Balaban J connectivity index is 1.76. The summed E-state index contributed by atoms with van der Waals surface area (Å²) in [6.45, 7) is 8.14. The summed E-state index contributed by atoms with van der Waals surface area (Å²) in [6.07, 6.45) is 2.71. The Kier molecular flexibility index (Phi) is 4.43. The van der Waals surface area contributed by atoms with Crippen molar-refractivity contribution in [3.05, 3.63) is 30.3 Å². The van der Waals surface area contributed by atoms with Crippen molar-refractivity contribution < 1.29 is 4.74 Å². The second-order valence-electron chi connectivity index (χ2n) is 5.32. The smallest absolute Gasteiger partial charge is 0.119 e. The van der Waals surface area contributed by atoms with Crippen LogP contribution in [0.3, 0.4) is 0 Å². The van der Waals surface area contributed by atoms with Crippen LogP contribution in [0.4, 0.5) is 0 Å². The highest BCUT2D eigenvalue weighted by Crippen LogP contribution is 2.19. The Morgan fingerprint density at radius 1 is 1.18 bits per heavy atom. The van der Waals surface area contributed by atoms with Crippen LogP contribution >= 0.6 is 0 Å². The summed E-state index contributed by atoms with van der Waals surface area (Å²) in [5.41, 5.74) is 0. The number of nitrogens with zero attached hydrogens (tertiary/aromatic N) is 1. The zero-order valence-corrected chi connectivity index (χ0v) is 10.9. The van der Waals surface area contributed by atoms with Crippen molar-refractivity contribution in [1.29, 1.82) is 0 Å². The summed E-state index contributed by atoms with van der Waals surface area (Å²) in [7, 11) is 0. The molecule has 0 saturated carbocycles. The predicted octanol–water partition coefficient (Wildman–Crippen LogP) is 3.19. The average molecular weight is 233 g/mol. The molecular weight excluding hydrogens is 210 g/mol. The molecule has 2 nitrogen and oxygen atoms in total. The molecular formula is C15H23NO. The van der Waals surface area contributed by atoms with E-state index in [1.165, 1.54) is 19.6 Å². The fourth-order valence-corrected chi connectivity index (χ4v) is 2.42. The van der Waals surface area contributed by atoms with Gasteiger partial charge in [0.2, 0.25) is 0 Å². The molecule has 1 aromatic carbocycles. The standard InChI is InChI=1S/C15H23NO/c1-13(2)12-16-10-8-15(9-11-16)17-14-6-4-3-5-7-14/h3-7,13,15H,8-12H2,1-2H3. The first-order valence-corrected chi connectivity index (χ1v) is 6.68. The largest absolute Gasteiger partial charge is 0.490 e. The highest BCUT2D eigenvalue weighted by molar-refractivity contribution is 5.21. The van der Waals surface area contributed by atoms with Gasteiger partial charge in [0.25, 0.3) is 0 Å². The van der Waals surface area contributed by atoms with Crippen LogP contribution in [-0.2, 0) is 0 Å². The summed E-state index contributed by atoms with van der Waals surface area (Å²) < 4.78 is 5.98. The van der Waals surface area contributed by atoms with Crippen LogP contribution in [0.15, 0.2) is 30.3 Å². The fourth-order valence-electron chi connectivity index (χ4n) is 2.42.